The summed E-state index contributed by atoms with van der Waals surface area (Å²) in [6.45, 7) is 3.62. The molecular formula is C13H26BrN. The molecule has 1 fully saturated rings. The lowest BCUT2D eigenvalue weighted by Gasteiger charge is -2.34. The molecule has 0 amide bonds. The molecule has 0 unspecified atom stereocenters. The van der Waals surface area contributed by atoms with Crippen molar-refractivity contribution < 1.29 is 0 Å². The summed E-state index contributed by atoms with van der Waals surface area (Å²) in [4.78, 5) is 2.59. The van der Waals surface area contributed by atoms with E-state index in [4.69, 9.17) is 0 Å². The number of rotatable bonds is 6. The molecular weight excluding hydrogens is 250 g/mol. The van der Waals surface area contributed by atoms with Crippen molar-refractivity contribution in [2.45, 2.75) is 57.9 Å². The van der Waals surface area contributed by atoms with Crippen LogP contribution in [0.4, 0.5) is 0 Å². The number of hydrogen-bond donors (Lipinski definition) is 0. The van der Waals surface area contributed by atoms with E-state index < -0.39 is 0 Å². The van der Waals surface area contributed by atoms with Gasteiger partial charge in [0.25, 0.3) is 0 Å². The van der Waals surface area contributed by atoms with Crippen LogP contribution in [0.25, 0.3) is 0 Å². The van der Waals surface area contributed by atoms with E-state index in [1.54, 1.807) is 0 Å². The highest BCUT2D eigenvalue weighted by molar-refractivity contribution is 9.09. The Bertz CT molecular complexity index is 153. The van der Waals surface area contributed by atoms with Gasteiger partial charge >= 0.3 is 0 Å². The molecule has 0 N–H and O–H groups in total. The molecule has 0 heterocycles. The van der Waals surface area contributed by atoms with Gasteiger partial charge in [-0.3, -0.25) is 0 Å². The minimum Gasteiger partial charge on any atom is -0.303 e. The average molecular weight is 276 g/mol. The molecule has 90 valence electrons. The van der Waals surface area contributed by atoms with Crippen LogP contribution in [-0.2, 0) is 0 Å². The van der Waals surface area contributed by atoms with Gasteiger partial charge in [-0.05, 0) is 58.0 Å². The van der Waals surface area contributed by atoms with Crippen molar-refractivity contribution in [3.05, 3.63) is 0 Å². The van der Waals surface area contributed by atoms with E-state index in [1.165, 1.54) is 51.5 Å². The summed E-state index contributed by atoms with van der Waals surface area (Å²) in [5.74, 6) is 1.03. The Morgan fingerprint density at radius 2 is 1.80 bits per heavy atom. The molecule has 0 spiro atoms. The summed E-state index contributed by atoms with van der Waals surface area (Å²) in [6, 6.07) is 0.878. The Hall–Kier alpha value is 0.440. The maximum Gasteiger partial charge on any atom is 0.00924 e. The molecule has 1 rings (SSSR count). The van der Waals surface area contributed by atoms with Crippen molar-refractivity contribution in [1.82, 2.24) is 4.90 Å². The summed E-state index contributed by atoms with van der Waals surface area (Å²) < 4.78 is 0. The van der Waals surface area contributed by atoms with E-state index in [0.717, 1.165) is 17.3 Å². The Balaban J connectivity index is 2.15. The van der Waals surface area contributed by atoms with Crippen molar-refractivity contribution in [3.63, 3.8) is 0 Å². The number of halogens is 1. The van der Waals surface area contributed by atoms with E-state index >= 15 is 0 Å². The molecule has 1 aliphatic rings. The number of hydrogen-bond acceptors (Lipinski definition) is 1. The second-order valence-electron chi connectivity index (χ2n) is 4.96. The summed E-state index contributed by atoms with van der Waals surface area (Å²) >= 11 is 3.49. The third-order valence-electron chi connectivity index (χ3n) is 3.91. The first-order valence-electron chi connectivity index (χ1n) is 6.54. The van der Waals surface area contributed by atoms with Crippen LogP contribution < -0.4 is 0 Å². The van der Waals surface area contributed by atoms with Gasteiger partial charge in [-0.1, -0.05) is 29.3 Å². The molecule has 0 radical (unpaired) electrons. The standard InChI is InChI=1S/C13H26BrN/c1-3-12-6-8-13(9-7-12)15(2)11-5-4-10-14/h12-13H,3-11H2,1-2H3. The summed E-state index contributed by atoms with van der Waals surface area (Å²) in [7, 11) is 2.31. The zero-order valence-corrected chi connectivity index (χ0v) is 11.9. The van der Waals surface area contributed by atoms with Crippen molar-refractivity contribution >= 4 is 15.9 Å². The van der Waals surface area contributed by atoms with Crippen LogP contribution in [0, 0.1) is 5.92 Å². The van der Waals surface area contributed by atoms with Gasteiger partial charge < -0.3 is 4.90 Å². The highest BCUT2D eigenvalue weighted by Gasteiger charge is 2.22. The van der Waals surface area contributed by atoms with Crippen LogP contribution >= 0.6 is 15.9 Å². The molecule has 0 aromatic carbocycles. The zero-order chi connectivity index (χ0) is 11.1. The Morgan fingerprint density at radius 3 is 2.33 bits per heavy atom. The van der Waals surface area contributed by atoms with E-state index in [9.17, 15) is 0 Å². The molecule has 0 atom stereocenters. The molecule has 0 aromatic rings. The molecule has 0 aliphatic heterocycles. The maximum absolute atomic E-state index is 3.49. The van der Waals surface area contributed by atoms with Crippen LogP contribution in [0.2, 0.25) is 0 Å². The molecule has 0 bridgehead atoms. The molecule has 2 heteroatoms. The van der Waals surface area contributed by atoms with E-state index in [0.29, 0.717) is 0 Å². The molecule has 15 heavy (non-hydrogen) atoms. The van der Waals surface area contributed by atoms with Crippen molar-refractivity contribution in [3.8, 4) is 0 Å². The van der Waals surface area contributed by atoms with Gasteiger partial charge in [0.15, 0.2) is 0 Å². The zero-order valence-electron chi connectivity index (χ0n) is 10.3. The minimum absolute atomic E-state index is 0.878. The topological polar surface area (TPSA) is 3.24 Å². The first-order chi connectivity index (χ1) is 7.27. The third-order valence-corrected chi connectivity index (χ3v) is 4.47. The van der Waals surface area contributed by atoms with Crippen molar-refractivity contribution in [2.75, 3.05) is 18.9 Å². The number of unbranched alkanes of at least 4 members (excludes halogenated alkanes) is 1. The van der Waals surface area contributed by atoms with E-state index in [1.807, 2.05) is 0 Å². The smallest absolute Gasteiger partial charge is 0.00924 e. The quantitative estimate of drug-likeness (QED) is 0.522. The molecule has 1 saturated carbocycles. The van der Waals surface area contributed by atoms with Crippen LogP contribution in [-0.4, -0.2) is 29.9 Å². The first kappa shape index (κ1) is 13.5. The van der Waals surface area contributed by atoms with Crippen LogP contribution in [0.15, 0.2) is 0 Å². The van der Waals surface area contributed by atoms with Crippen LogP contribution in [0.5, 0.6) is 0 Å². The largest absolute Gasteiger partial charge is 0.303 e. The number of alkyl halides is 1. The second kappa shape index (κ2) is 7.67. The predicted molar refractivity (Wildman–Crippen MR) is 71.7 cm³/mol. The van der Waals surface area contributed by atoms with Gasteiger partial charge in [0, 0.05) is 11.4 Å². The fourth-order valence-electron chi connectivity index (χ4n) is 2.63. The summed E-state index contributed by atoms with van der Waals surface area (Å²) in [5, 5.41) is 1.16. The van der Waals surface area contributed by atoms with Gasteiger partial charge in [-0.2, -0.15) is 0 Å². The Morgan fingerprint density at radius 1 is 1.13 bits per heavy atom. The van der Waals surface area contributed by atoms with Crippen molar-refractivity contribution in [1.29, 1.82) is 0 Å². The molecule has 0 aromatic heterocycles. The lowest BCUT2D eigenvalue weighted by atomic mass is 9.84. The maximum atomic E-state index is 3.49. The summed E-state index contributed by atoms with van der Waals surface area (Å²) in [5.41, 5.74) is 0. The molecule has 0 saturated heterocycles. The molecule has 1 aliphatic carbocycles. The highest BCUT2D eigenvalue weighted by atomic mass is 79.9. The summed E-state index contributed by atoms with van der Waals surface area (Å²) in [6.07, 6.45) is 9.84. The monoisotopic (exact) mass is 275 g/mol. The Kier molecular flexibility index (Phi) is 6.91. The fraction of sp³-hybridized carbons (Fsp3) is 1.00. The van der Waals surface area contributed by atoms with Crippen molar-refractivity contribution in [2.24, 2.45) is 5.92 Å². The lowest BCUT2D eigenvalue weighted by Crippen LogP contribution is -2.35. The van der Waals surface area contributed by atoms with Crippen LogP contribution in [0.1, 0.15) is 51.9 Å². The normalized spacial score (nSPS) is 27.2. The van der Waals surface area contributed by atoms with Gasteiger partial charge in [-0.15, -0.1) is 0 Å². The molecule has 1 nitrogen and oxygen atoms in total. The third kappa shape index (κ3) is 4.86. The minimum atomic E-state index is 0.878. The van der Waals surface area contributed by atoms with Crippen LogP contribution in [0.3, 0.4) is 0 Å². The van der Waals surface area contributed by atoms with E-state index in [-0.39, 0.29) is 0 Å². The number of nitrogens with zero attached hydrogens (tertiary/aromatic N) is 1. The predicted octanol–water partition coefficient (Wildman–Crippen LogP) is 4.06. The van der Waals surface area contributed by atoms with Gasteiger partial charge in [-0.25, -0.2) is 0 Å². The lowest BCUT2D eigenvalue weighted by molar-refractivity contribution is 0.162. The van der Waals surface area contributed by atoms with Gasteiger partial charge in [0.1, 0.15) is 0 Å². The van der Waals surface area contributed by atoms with E-state index in [2.05, 4.69) is 34.8 Å². The second-order valence-corrected chi connectivity index (χ2v) is 5.75. The average Bonchev–Trinajstić information content (AvgIpc) is 2.29. The SMILES string of the molecule is CCC1CCC(N(C)CCCCBr)CC1. The first-order valence-corrected chi connectivity index (χ1v) is 7.66. The highest BCUT2D eigenvalue weighted by Crippen LogP contribution is 2.28. The fourth-order valence-corrected chi connectivity index (χ4v) is 3.03. The van der Waals surface area contributed by atoms with Gasteiger partial charge in [0.05, 0.1) is 0 Å². The Labute approximate surface area is 104 Å². The van der Waals surface area contributed by atoms with Gasteiger partial charge in [0.2, 0.25) is 0 Å².